The fourth-order valence-electron chi connectivity index (χ4n) is 0.978. The lowest BCUT2D eigenvalue weighted by Crippen LogP contribution is -2.42. The van der Waals surface area contributed by atoms with Crippen LogP contribution in [0.1, 0.15) is 33.6 Å². The van der Waals surface area contributed by atoms with Gasteiger partial charge in [0.1, 0.15) is 6.10 Å². The Bertz CT molecular complexity index is 208. The molecule has 0 aliphatic carbocycles. The van der Waals surface area contributed by atoms with E-state index in [-0.39, 0.29) is 12.1 Å². The summed E-state index contributed by atoms with van der Waals surface area (Å²) < 4.78 is 5.03. The summed E-state index contributed by atoms with van der Waals surface area (Å²) >= 11 is 0. The van der Waals surface area contributed by atoms with Crippen molar-refractivity contribution in [2.24, 2.45) is 0 Å². The number of carbonyl (C=O) groups excluding carboxylic acids is 1. The second-order valence-corrected chi connectivity index (χ2v) is 4.45. The first-order valence-corrected chi connectivity index (χ1v) is 5.09. The molecular weight excluding hydrogens is 194 g/mol. The molecule has 2 N–H and O–H groups in total. The van der Waals surface area contributed by atoms with Crippen molar-refractivity contribution in [3.05, 3.63) is 12.7 Å². The fourth-order valence-corrected chi connectivity index (χ4v) is 0.978. The zero-order valence-electron chi connectivity index (χ0n) is 9.75. The summed E-state index contributed by atoms with van der Waals surface area (Å²) in [5.74, 6) is 0. The van der Waals surface area contributed by atoms with Crippen molar-refractivity contribution in [2.75, 3.05) is 6.61 Å². The molecule has 4 heteroatoms. The monoisotopic (exact) mass is 215 g/mol. The van der Waals surface area contributed by atoms with E-state index in [9.17, 15) is 4.79 Å². The third kappa shape index (κ3) is 8.00. The van der Waals surface area contributed by atoms with Gasteiger partial charge in [-0.3, -0.25) is 0 Å². The van der Waals surface area contributed by atoms with Gasteiger partial charge in [-0.05, 0) is 33.6 Å². The molecule has 0 aromatic carbocycles. The molecule has 0 saturated carbocycles. The predicted molar refractivity (Wildman–Crippen MR) is 59.7 cm³/mol. The van der Waals surface area contributed by atoms with E-state index >= 15 is 0 Å². The van der Waals surface area contributed by atoms with Crippen LogP contribution in [0.3, 0.4) is 0 Å². The predicted octanol–water partition coefficient (Wildman–Crippen LogP) is 1.84. The van der Waals surface area contributed by atoms with Gasteiger partial charge in [-0.1, -0.05) is 6.08 Å². The molecule has 0 heterocycles. The summed E-state index contributed by atoms with van der Waals surface area (Å²) in [6.07, 6.45) is 2.09. The van der Waals surface area contributed by atoms with Crippen LogP contribution in [0.4, 0.5) is 4.79 Å². The van der Waals surface area contributed by atoms with Crippen LogP contribution in [0.2, 0.25) is 0 Å². The number of aliphatic hydroxyl groups excluding tert-OH is 1. The molecule has 15 heavy (non-hydrogen) atoms. The van der Waals surface area contributed by atoms with Crippen LogP contribution in [0.5, 0.6) is 0 Å². The van der Waals surface area contributed by atoms with Crippen molar-refractivity contribution in [3.63, 3.8) is 0 Å². The smallest absolute Gasteiger partial charge is 0.407 e. The Balaban J connectivity index is 3.95. The Hall–Kier alpha value is -1.03. The molecule has 0 saturated heterocycles. The summed E-state index contributed by atoms with van der Waals surface area (Å²) in [4.78, 5) is 11.3. The Morgan fingerprint density at radius 2 is 2.20 bits per heavy atom. The Morgan fingerprint density at radius 3 is 2.60 bits per heavy atom. The third-order valence-electron chi connectivity index (χ3n) is 1.65. The highest BCUT2D eigenvalue weighted by molar-refractivity contribution is 5.68. The van der Waals surface area contributed by atoms with Crippen LogP contribution >= 0.6 is 0 Å². The molecule has 0 aromatic rings. The summed E-state index contributed by atoms with van der Waals surface area (Å²) in [5.41, 5.74) is -0.324. The van der Waals surface area contributed by atoms with Crippen molar-refractivity contribution in [2.45, 2.75) is 45.3 Å². The van der Waals surface area contributed by atoms with E-state index < -0.39 is 12.2 Å². The zero-order chi connectivity index (χ0) is 11.9. The van der Waals surface area contributed by atoms with Crippen molar-refractivity contribution < 1.29 is 14.6 Å². The SMILES string of the molecule is C=CCC[C@@H](CO)OC(=O)NC(C)(C)C. The number of alkyl carbamates (subject to hydrolysis) is 1. The second kappa shape index (κ2) is 6.45. The lowest BCUT2D eigenvalue weighted by Gasteiger charge is -2.22. The number of allylic oxidation sites excluding steroid dienone is 1. The minimum absolute atomic E-state index is 0.161. The number of nitrogens with one attached hydrogen (secondary N) is 1. The van der Waals surface area contributed by atoms with Gasteiger partial charge < -0.3 is 15.2 Å². The first kappa shape index (κ1) is 14.0. The van der Waals surface area contributed by atoms with E-state index in [2.05, 4.69) is 11.9 Å². The highest BCUT2D eigenvalue weighted by atomic mass is 16.6. The topological polar surface area (TPSA) is 58.6 Å². The zero-order valence-corrected chi connectivity index (χ0v) is 9.75. The van der Waals surface area contributed by atoms with E-state index in [1.165, 1.54) is 0 Å². The molecule has 0 bridgehead atoms. The molecule has 1 atom stereocenters. The molecule has 0 rings (SSSR count). The molecule has 1 amide bonds. The lowest BCUT2D eigenvalue weighted by molar-refractivity contribution is 0.0495. The lowest BCUT2D eigenvalue weighted by atomic mass is 10.1. The van der Waals surface area contributed by atoms with Gasteiger partial charge in [0.05, 0.1) is 6.61 Å². The average molecular weight is 215 g/mol. The maximum absolute atomic E-state index is 11.3. The van der Waals surface area contributed by atoms with E-state index in [1.54, 1.807) is 6.08 Å². The van der Waals surface area contributed by atoms with Crippen LogP contribution in [0.15, 0.2) is 12.7 Å². The Morgan fingerprint density at radius 1 is 1.60 bits per heavy atom. The minimum Gasteiger partial charge on any atom is -0.444 e. The third-order valence-corrected chi connectivity index (χ3v) is 1.65. The standard InChI is InChI=1S/C11H21NO3/c1-5-6-7-9(8-13)15-10(14)12-11(2,3)4/h5,9,13H,1,6-8H2,2-4H3,(H,12,14)/t9-/m0/s1. The van der Waals surface area contributed by atoms with Gasteiger partial charge in [-0.15, -0.1) is 6.58 Å². The quantitative estimate of drug-likeness (QED) is 0.688. The summed E-state index contributed by atoms with van der Waals surface area (Å²) in [6, 6.07) is 0. The fraction of sp³-hybridized carbons (Fsp3) is 0.727. The highest BCUT2D eigenvalue weighted by Gasteiger charge is 2.18. The molecular formula is C11H21NO3. The maximum atomic E-state index is 11.3. The Kier molecular flexibility index (Phi) is 6.01. The number of hydrogen-bond donors (Lipinski definition) is 2. The number of ether oxygens (including phenoxy) is 1. The first-order valence-electron chi connectivity index (χ1n) is 5.09. The largest absolute Gasteiger partial charge is 0.444 e. The van der Waals surface area contributed by atoms with Gasteiger partial charge in [0.25, 0.3) is 0 Å². The molecule has 0 fully saturated rings. The van der Waals surface area contributed by atoms with Crippen LogP contribution < -0.4 is 5.32 Å². The second-order valence-electron chi connectivity index (χ2n) is 4.45. The number of aliphatic hydroxyl groups is 1. The molecule has 4 nitrogen and oxygen atoms in total. The molecule has 0 aliphatic rings. The molecule has 0 radical (unpaired) electrons. The van der Waals surface area contributed by atoms with Crippen LogP contribution in [0, 0.1) is 0 Å². The normalized spacial score (nSPS) is 13.1. The molecule has 0 unspecified atom stereocenters. The molecule has 0 aliphatic heterocycles. The van der Waals surface area contributed by atoms with Gasteiger partial charge in [-0.2, -0.15) is 0 Å². The maximum Gasteiger partial charge on any atom is 0.407 e. The van der Waals surface area contributed by atoms with Gasteiger partial charge in [0, 0.05) is 5.54 Å². The van der Waals surface area contributed by atoms with Crippen molar-refractivity contribution in [3.8, 4) is 0 Å². The summed E-state index contributed by atoms with van der Waals surface area (Å²) in [5, 5.41) is 11.6. The molecule has 0 aromatic heterocycles. The first-order chi connectivity index (χ1) is 6.89. The van der Waals surface area contributed by atoms with Crippen molar-refractivity contribution >= 4 is 6.09 Å². The minimum atomic E-state index is -0.495. The van der Waals surface area contributed by atoms with Crippen LogP contribution in [-0.2, 0) is 4.74 Å². The van der Waals surface area contributed by atoms with Crippen LogP contribution in [-0.4, -0.2) is 29.4 Å². The van der Waals surface area contributed by atoms with E-state index in [4.69, 9.17) is 9.84 Å². The average Bonchev–Trinajstić information content (AvgIpc) is 2.09. The number of hydrogen-bond acceptors (Lipinski definition) is 3. The molecule has 88 valence electrons. The van der Waals surface area contributed by atoms with E-state index in [1.807, 2.05) is 20.8 Å². The summed E-state index contributed by atoms with van der Waals surface area (Å²) in [6.45, 7) is 9.01. The highest BCUT2D eigenvalue weighted by Crippen LogP contribution is 2.05. The van der Waals surface area contributed by atoms with Crippen LogP contribution in [0.25, 0.3) is 0 Å². The summed E-state index contributed by atoms with van der Waals surface area (Å²) in [7, 11) is 0. The van der Waals surface area contributed by atoms with E-state index in [0.717, 1.165) is 0 Å². The van der Waals surface area contributed by atoms with E-state index in [0.29, 0.717) is 12.8 Å². The molecule has 0 spiro atoms. The van der Waals surface area contributed by atoms with Gasteiger partial charge in [0.15, 0.2) is 0 Å². The van der Waals surface area contributed by atoms with Gasteiger partial charge in [0.2, 0.25) is 0 Å². The van der Waals surface area contributed by atoms with Gasteiger partial charge >= 0.3 is 6.09 Å². The Labute approximate surface area is 91.3 Å². The van der Waals surface area contributed by atoms with Gasteiger partial charge in [-0.25, -0.2) is 4.79 Å². The number of amides is 1. The number of rotatable bonds is 5. The van der Waals surface area contributed by atoms with Crippen molar-refractivity contribution in [1.29, 1.82) is 0 Å². The number of carbonyl (C=O) groups is 1. The van der Waals surface area contributed by atoms with Crippen molar-refractivity contribution in [1.82, 2.24) is 5.32 Å².